The fourth-order valence-electron chi connectivity index (χ4n) is 1.69. The number of thiocarbonyl (C=S) groups is 1. The molecule has 1 unspecified atom stereocenters. The van der Waals surface area contributed by atoms with E-state index >= 15 is 0 Å². The Balaban J connectivity index is 2.27. The van der Waals surface area contributed by atoms with Crippen molar-refractivity contribution in [3.8, 4) is 0 Å². The number of benzene rings is 1. The van der Waals surface area contributed by atoms with Crippen LogP contribution in [-0.2, 0) is 0 Å². The van der Waals surface area contributed by atoms with Gasteiger partial charge in [-0.05, 0) is 47.1 Å². The zero-order valence-corrected chi connectivity index (χ0v) is 12.5. The van der Waals surface area contributed by atoms with Crippen molar-refractivity contribution in [1.82, 2.24) is 0 Å². The van der Waals surface area contributed by atoms with E-state index in [1.807, 2.05) is 13.0 Å². The molecule has 1 aromatic heterocycles. The summed E-state index contributed by atoms with van der Waals surface area (Å²) >= 11 is 8.02. The topological polar surface area (TPSA) is 51.2 Å². The minimum Gasteiger partial charge on any atom is -0.467 e. The molecule has 2 rings (SSSR count). The van der Waals surface area contributed by atoms with Crippen LogP contribution in [0.25, 0.3) is 0 Å². The van der Waals surface area contributed by atoms with Crippen LogP contribution in [0.2, 0.25) is 0 Å². The number of nitrogens with one attached hydrogen (secondary N) is 1. The Morgan fingerprint density at radius 1 is 1.47 bits per heavy atom. The summed E-state index contributed by atoms with van der Waals surface area (Å²) in [4.78, 5) is 0.149. The molecule has 0 spiro atoms. The summed E-state index contributed by atoms with van der Waals surface area (Å²) in [5, 5.41) is 3.04. The number of nitrogens with two attached hydrogens (primary N) is 1. The minimum atomic E-state index is -0.427. The maximum Gasteiger partial charge on any atom is 0.161 e. The van der Waals surface area contributed by atoms with Crippen molar-refractivity contribution in [3.05, 3.63) is 52.1 Å². The number of rotatable bonds is 4. The first kappa shape index (κ1) is 14.0. The lowest BCUT2D eigenvalue weighted by Gasteiger charge is -2.15. The highest BCUT2D eigenvalue weighted by atomic mass is 79.9. The predicted octanol–water partition coefficient (Wildman–Crippen LogP) is 3.99. The Kier molecular flexibility index (Phi) is 4.21. The molecule has 1 heterocycles. The van der Waals surface area contributed by atoms with Crippen LogP contribution in [0.1, 0.15) is 24.3 Å². The molecular formula is C13H12BrFN2OS. The maximum atomic E-state index is 14.2. The average Bonchev–Trinajstić information content (AvgIpc) is 2.88. The van der Waals surface area contributed by atoms with Gasteiger partial charge in [0.25, 0.3) is 0 Å². The van der Waals surface area contributed by atoms with Gasteiger partial charge in [-0.15, -0.1) is 0 Å². The molecule has 19 heavy (non-hydrogen) atoms. The van der Waals surface area contributed by atoms with E-state index in [1.165, 1.54) is 0 Å². The van der Waals surface area contributed by atoms with Crippen LogP contribution in [0.3, 0.4) is 0 Å². The van der Waals surface area contributed by atoms with Crippen LogP contribution in [0.4, 0.5) is 10.1 Å². The lowest BCUT2D eigenvalue weighted by atomic mass is 10.1. The van der Waals surface area contributed by atoms with Crippen molar-refractivity contribution in [3.63, 3.8) is 0 Å². The zero-order chi connectivity index (χ0) is 14.0. The molecule has 0 aliphatic heterocycles. The van der Waals surface area contributed by atoms with Gasteiger partial charge in [0.05, 0.1) is 22.5 Å². The van der Waals surface area contributed by atoms with Gasteiger partial charge >= 0.3 is 0 Å². The van der Waals surface area contributed by atoms with E-state index in [-0.39, 0.29) is 15.5 Å². The smallest absolute Gasteiger partial charge is 0.161 e. The highest BCUT2D eigenvalue weighted by Crippen LogP contribution is 2.29. The van der Waals surface area contributed by atoms with E-state index in [9.17, 15) is 4.39 Å². The molecule has 0 aliphatic rings. The lowest BCUT2D eigenvalue weighted by molar-refractivity contribution is 0.489. The van der Waals surface area contributed by atoms with Gasteiger partial charge in [-0.1, -0.05) is 12.2 Å². The van der Waals surface area contributed by atoms with Gasteiger partial charge in [-0.25, -0.2) is 4.39 Å². The van der Waals surface area contributed by atoms with Gasteiger partial charge in [0.2, 0.25) is 0 Å². The van der Waals surface area contributed by atoms with E-state index in [2.05, 4.69) is 21.2 Å². The van der Waals surface area contributed by atoms with Crippen molar-refractivity contribution >= 4 is 38.8 Å². The maximum absolute atomic E-state index is 14.2. The van der Waals surface area contributed by atoms with Crippen molar-refractivity contribution in [2.75, 3.05) is 5.32 Å². The molecule has 3 nitrogen and oxygen atoms in total. The zero-order valence-electron chi connectivity index (χ0n) is 10.1. The third-order valence-electron chi connectivity index (χ3n) is 2.69. The second kappa shape index (κ2) is 5.71. The number of halogens is 2. The molecule has 2 aromatic rings. The molecule has 100 valence electrons. The van der Waals surface area contributed by atoms with Gasteiger partial charge in [0.1, 0.15) is 10.7 Å². The van der Waals surface area contributed by atoms with Crippen molar-refractivity contribution in [1.29, 1.82) is 0 Å². The molecule has 0 radical (unpaired) electrons. The summed E-state index contributed by atoms with van der Waals surface area (Å²) in [5.74, 6) is 0.303. The van der Waals surface area contributed by atoms with Crippen LogP contribution >= 0.6 is 28.1 Å². The molecule has 0 aliphatic carbocycles. The Morgan fingerprint density at radius 2 is 2.21 bits per heavy atom. The second-order valence-corrected chi connectivity index (χ2v) is 5.27. The molecule has 1 aromatic carbocycles. The third-order valence-corrected chi connectivity index (χ3v) is 3.68. The van der Waals surface area contributed by atoms with Crippen LogP contribution in [-0.4, -0.2) is 4.99 Å². The summed E-state index contributed by atoms with van der Waals surface area (Å²) < 4.78 is 19.7. The van der Waals surface area contributed by atoms with E-state index in [0.29, 0.717) is 11.3 Å². The van der Waals surface area contributed by atoms with Crippen LogP contribution in [0.15, 0.2) is 39.4 Å². The fourth-order valence-corrected chi connectivity index (χ4v) is 2.55. The predicted molar refractivity (Wildman–Crippen MR) is 80.7 cm³/mol. The first-order valence-corrected chi connectivity index (χ1v) is 6.78. The van der Waals surface area contributed by atoms with E-state index in [4.69, 9.17) is 22.4 Å². The minimum absolute atomic E-state index is 0.146. The van der Waals surface area contributed by atoms with E-state index < -0.39 is 5.82 Å². The summed E-state index contributed by atoms with van der Waals surface area (Å²) in [7, 11) is 0. The monoisotopic (exact) mass is 342 g/mol. The van der Waals surface area contributed by atoms with Gasteiger partial charge in [0, 0.05) is 5.56 Å². The molecule has 0 bridgehead atoms. The highest BCUT2D eigenvalue weighted by Gasteiger charge is 2.15. The number of hydrogen-bond acceptors (Lipinski definition) is 3. The Morgan fingerprint density at radius 3 is 2.79 bits per heavy atom. The molecular weight excluding hydrogens is 331 g/mol. The number of furan rings is 1. The highest BCUT2D eigenvalue weighted by molar-refractivity contribution is 9.10. The molecule has 0 amide bonds. The molecule has 0 fully saturated rings. The summed E-state index contributed by atoms with van der Waals surface area (Å²) in [5.41, 5.74) is 6.34. The van der Waals surface area contributed by atoms with Crippen molar-refractivity contribution in [2.24, 2.45) is 5.73 Å². The summed E-state index contributed by atoms with van der Waals surface area (Å²) in [6.45, 7) is 1.88. The second-order valence-electron chi connectivity index (χ2n) is 4.03. The lowest BCUT2D eigenvalue weighted by Crippen LogP contribution is -2.13. The standard InChI is InChI=1S/C13H12BrFN2OS/c1-7(10-3-2-6-18-10)17-9-5-4-8(13(16)19)11(14)12(9)15/h2-7,17H,1H3,(H2,16,19). The Labute approximate surface area is 124 Å². The summed E-state index contributed by atoms with van der Waals surface area (Å²) in [6.07, 6.45) is 1.58. The van der Waals surface area contributed by atoms with Gasteiger partial charge < -0.3 is 15.5 Å². The molecule has 0 saturated heterocycles. The van der Waals surface area contributed by atoms with Crippen LogP contribution in [0, 0.1) is 5.82 Å². The quantitative estimate of drug-likeness (QED) is 0.825. The molecule has 3 N–H and O–H groups in total. The fraction of sp³-hybridized carbons (Fsp3) is 0.154. The first-order valence-electron chi connectivity index (χ1n) is 5.58. The normalized spacial score (nSPS) is 12.2. The third kappa shape index (κ3) is 2.96. The van der Waals surface area contributed by atoms with Gasteiger partial charge in [-0.3, -0.25) is 0 Å². The van der Waals surface area contributed by atoms with Crippen LogP contribution in [0.5, 0.6) is 0 Å². The van der Waals surface area contributed by atoms with Crippen molar-refractivity contribution < 1.29 is 8.81 Å². The van der Waals surface area contributed by atoms with Gasteiger partial charge in [-0.2, -0.15) is 0 Å². The number of anilines is 1. The Bertz CT molecular complexity index is 601. The molecule has 0 saturated carbocycles. The van der Waals surface area contributed by atoms with Gasteiger partial charge in [0.15, 0.2) is 5.82 Å². The first-order chi connectivity index (χ1) is 9.00. The van der Waals surface area contributed by atoms with E-state index in [0.717, 1.165) is 5.76 Å². The molecule has 6 heteroatoms. The summed E-state index contributed by atoms with van der Waals surface area (Å²) in [6, 6.07) is 6.75. The SMILES string of the molecule is CC(Nc1ccc(C(N)=S)c(Br)c1F)c1ccco1. The average molecular weight is 343 g/mol. The van der Waals surface area contributed by atoms with E-state index in [1.54, 1.807) is 24.5 Å². The molecule has 1 atom stereocenters. The van der Waals surface area contributed by atoms with Crippen LogP contribution < -0.4 is 11.1 Å². The Hall–Kier alpha value is -1.40. The largest absolute Gasteiger partial charge is 0.467 e. The van der Waals surface area contributed by atoms with Crippen molar-refractivity contribution in [2.45, 2.75) is 13.0 Å². The number of hydrogen-bond donors (Lipinski definition) is 2.